The molecule has 0 amide bonds. The van der Waals surface area contributed by atoms with Crippen LogP contribution in [0.2, 0.25) is 0 Å². The van der Waals surface area contributed by atoms with E-state index >= 15 is 0 Å². The molecule has 0 aromatic heterocycles. The van der Waals surface area contributed by atoms with Crippen molar-refractivity contribution in [1.82, 2.24) is 32.6 Å². The Hall–Kier alpha value is -1.74. The maximum Gasteiger partial charge on any atom is 0.239 e. The molecule has 1 atom stereocenters. The summed E-state index contributed by atoms with van der Waals surface area (Å²) >= 11 is 0. The maximum absolute atomic E-state index is 13.6. The smallest absolute Gasteiger partial charge is 0.239 e. The minimum atomic E-state index is -4.19. The summed E-state index contributed by atoms with van der Waals surface area (Å²) in [6, 6.07) is 11.8. The van der Waals surface area contributed by atoms with E-state index < -0.39 is 27.0 Å². The maximum atomic E-state index is 13.6. The summed E-state index contributed by atoms with van der Waals surface area (Å²) in [5.41, 5.74) is 14.8. The van der Waals surface area contributed by atoms with E-state index in [0.29, 0.717) is 17.0 Å². The molecule has 0 spiro atoms. The predicted molar refractivity (Wildman–Crippen MR) is 136 cm³/mol. The van der Waals surface area contributed by atoms with Gasteiger partial charge in [-0.2, -0.15) is 11.1 Å². The highest BCUT2D eigenvalue weighted by Crippen LogP contribution is 2.38. The molecule has 8 N–H and O–H groups in total. The Morgan fingerprint density at radius 2 is 1.43 bits per heavy atom. The second-order valence-corrected chi connectivity index (χ2v) is 12.5. The topological polar surface area (TPSA) is 149 Å². The average molecular weight is 520 g/mol. The first kappa shape index (κ1) is 24.9. The van der Waals surface area contributed by atoms with E-state index in [1.54, 1.807) is 6.07 Å². The summed E-state index contributed by atoms with van der Waals surface area (Å²) in [6.45, 7) is 3.55. The molecule has 3 fully saturated rings. The number of nitrogens with one attached hydrogen (secondary N) is 6. The van der Waals surface area contributed by atoms with Crippen molar-refractivity contribution in [3.05, 3.63) is 47.5 Å². The fraction of sp³-hybridized carbons (Fsp3) is 0.478. The van der Waals surface area contributed by atoms with Crippen molar-refractivity contribution in [2.24, 2.45) is 5.14 Å². The number of nitrogens with two attached hydrogens (primary N) is 1. The van der Waals surface area contributed by atoms with Crippen molar-refractivity contribution in [2.45, 2.75) is 52.8 Å². The minimum Gasteiger partial charge on any atom is -0.317 e. The molecule has 10 nitrogen and oxygen atoms in total. The number of hydrogen-bond donors (Lipinski definition) is 7. The molecule has 35 heavy (non-hydrogen) atoms. The van der Waals surface area contributed by atoms with Crippen molar-refractivity contribution in [2.75, 3.05) is 26.2 Å². The summed E-state index contributed by atoms with van der Waals surface area (Å²) in [6.07, 6.45) is 3.03. The summed E-state index contributed by atoms with van der Waals surface area (Å²) in [7, 11) is -5.70. The lowest BCUT2D eigenvalue weighted by molar-refractivity contribution is 0.460. The van der Waals surface area contributed by atoms with Gasteiger partial charge in [0.05, 0.1) is 15.7 Å². The van der Waals surface area contributed by atoms with Gasteiger partial charge in [-0.15, -0.1) is 0 Å². The second kappa shape index (κ2) is 10.7. The highest BCUT2D eigenvalue weighted by molar-refractivity contribution is 7.91. The fourth-order valence-corrected chi connectivity index (χ4v) is 8.24. The minimum absolute atomic E-state index is 0.0789. The zero-order valence-electron chi connectivity index (χ0n) is 19.5. The van der Waals surface area contributed by atoms with Gasteiger partial charge >= 0.3 is 0 Å². The Balaban J connectivity index is 1.60. The van der Waals surface area contributed by atoms with Gasteiger partial charge in [0.2, 0.25) is 10.0 Å². The largest absolute Gasteiger partial charge is 0.317 e. The van der Waals surface area contributed by atoms with Crippen molar-refractivity contribution < 1.29 is 12.6 Å². The van der Waals surface area contributed by atoms with Crippen LogP contribution in [0.5, 0.6) is 0 Å². The van der Waals surface area contributed by atoms with Gasteiger partial charge in [0, 0.05) is 10.8 Å². The van der Waals surface area contributed by atoms with Gasteiger partial charge < -0.3 is 10.6 Å². The van der Waals surface area contributed by atoms with Crippen LogP contribution in [-0.2, 0) is 20.8 Å². The van der Waals surface area contributed by atoms with Crippen molar-refractivity contribution >= 4 is 20.8 Å². The summed E-state index contributed by atoms with van der Waals surface area (Å²) in [5, 5.41) is 12.3. The Morgan fingerprint density at radius 1 is 0.829 bits per heavy atom. The Kier molecular flexibility index (Phi) is 7.63. The predicted octanol–water partition coefficient (Wildman–Crippen LogP) is 0.443. The molecule has 5 rings (SSSR count). The Bertz CT molecular complexity index is 1170. The first-order chi connectivity index (χ1) is 16.9. The molecule has 0 aliphatic carbocycles. The van der Waals surface area contributed by atoms with Gasteiger partial charge in [-0.25, -0.2) is 24.4 Å². The van der Waals surface area contributed by atoms with E-state index in [1.807, 2.05) is 18.2 Å². The van der Waals surface area contributed by atoms with E-state index in [1.165, 1.54) is 5.56 Å². The van der Waals surface area contributed by atoms with E-state index in [2.05, 4.69) is 44.7 Å². The van der Waals surface area contributed by atoms with Crippen LogP contribution in [0.25, 0.3) is 11.1 Å². The first-order valence-electron chi connectivity index (χ1n) is 12.1. The van der Waals surface area contributed by atoms with Crippen LogP contribution in [0.1, 0.15) is 48.9 Å². The third kappa shape index (κ3) is 5.36. The second-order valence-electron chi connectivity index (χ2n) is 9.26. The van der Waals surface area contributed by atoms with Crippen LogP contribution in [0.4, 0.5) is 0 Å². The number of sulfonamides is 1. The fourth-order valence-electron chi connectivity index (χ4n) is 5.25. The van der Waals surface area contributed by atoms with Crippen molar-refractivity contribution in [3.63, 3.8) is 0 Å². The summed E-state index contributed by atoms with van der Waals surface area (Å²) in [4.78, 5) is 0.185. The van der Waals surface area contributed by atoms with Crippen LogP contribution >= 0.6 is 0 Å². The summed E-state index contributed by atoms with van der Waals surface area (Å²) < 4.78 is 39.6. The normalized spacial score (nSPS) is 21.9. The number of primary sulfonamides is 1. The number of hydrogen-bond acceptors (Lipinski definition) is 9. The molecular weight excluding hydrogens is 486 g/mol. The Morgan fingerprint density at radius 3 is 2.03 bits per heavy atom. The first-order valence-corrected chi connectivity index (χ1v) is 14.8. The highest BCUT2D eigenvalue weighted by atomic mass is 32.2. The monoisotopic (exact) mass is 519 g/mol. The van der Waals surface area contributed by atoms with Crippen LogP contribution in [0.3, 0.4) is 0 Å². The van der Waals surface area contributed by atoms with Gasteiger partial charge in [0.1, 0.15) is 11.1 Å². The lowest BCUT2D eigenvalue weighted by atomic mass is 9.88. The van der Waals surface area contributed by atoms with E-state index in [9.17, 15) is 12.6 Å². The number of benzene rings is 2. The number of piperidine rings is 2. The standard InChI is InChI=1S/C23H33N7O3S2/c24-35(32,33)22-20(34(31)18-9-13-26-14-10-18)6-5-19(21(22)23-27-29-30-28-23)17-3-1-15(2-4-17)16-7-11-25-12-8-16/h1-6,16,18,23,25-30H,7-14H2,(H2,24,32,33). The average Bonchev–Trinajstić information content (AvgIpc) is 3.43. The van der Waals surface area contributed by atoms with E-state index in [0.717, 1.165) is 57.4 Å². The van der Waals surface area contributed by atoms with E-state index in [4.69, 9.17) is 5.14 Å². The number of rotatable bonds is 6. The molecule has 3 saturated heterocycles. The molecule has 3 aliphatic rings. The summed E-state index contributed by atoms with van der Waals surface area (Å²) in [5.74, 6) is 0.520. The Labute approximate surface area is 208 Å². The molecule has 0 bridgehead atoms. The third-order valence-corrected chi connectivity index (χ3v) is 10.1. The third-order valence-electron chi connectivity index (χ3n) is 7.07. The van der Waals surface area contributed by atoms with Gasteiger partial charge in [-0.1, -0.05) is 30.3 Å². The lowest BCUT2D eigenvalue weighted by Gasteiger charge is -2.26. The van der Waals surface area contributed by atoms with Gasteiger partial charge in [-0.3, -0.25) is 4.21 Å². The van der Waals surface area contributed by atoms with Crippen molar-refractivity contribution in [1.29, 1.82) is 0 Å². The van der Waals surface area contributed by atoms with Gasteiger partial charge in [-0.05, 0) is 80.5 Å². The zero-order valence-corrected chi connectivity index (χ0v) is 21.1. The zero-order chi connectivity index (χ0) is 24.4. The SMILES string of the molecule is NS(=O)(=O)c1c(S(=O)C2CCNCC2)ccc(-c2ccc(C3CCNCC3)cc2)c1C1NNNN1. The highest BCUT2D eigenvalue weighted by Gasteiger charge is 2.33. The quantitative estimate of drug-likeness (QED) is 0.289. The molecular formula is C23H33N7O3S2. The molecule has 12 heteroatoms. The van der Waals surface area contributed by atoms with Gasteiger partial charge in [0.15, 0.2) is 0 Å². The molecule has 1 unspecified atom stereocenters. The van der Waals surface area contributed by atoms with Crippen LogP contribution in [-0.4, -0.2) is 44.1 Å². The molecule has 190 valence electrons. The molecule has 3 aliphatic heterocycles. The van der Waals surface area contributed by atoms with Crippen LogP contribution in [0, 0.1) is 0 Å². The number of hydrazine groups is 3. The van der Waals surface area contributed by atoms with E-state index in [-0.39, 0.29) is 15.0 Å². The molecule has 0 radical (unpaired) electrons. The molecule has 2 aromatic rings. The molecule has 2 aromatic carbocycles. The molecule has 0 saturated carbocycles. The lowest BCUT2D eigenvalue weighted by Crippen LogP contribution is -2.34. The molecule has 3 heterocycles. The van der Waals surface area contributed by atoms with Gasteiger partial charge in [0.25, 0.3) is 0 Å². The van der Waals surface area contributed by atoms with Crippen molar-refractivity contribution in [3.8, 4) is 11.1 Å². The van der Waals surface area contributed by atoms with Crippen LogP contribution in [0.15, 0.2) is 46.2 Å². The van der Waals surface area contributed by atoms with Crippen LogP contribution < -0.4 is 37.7 Å².